The summed E-state index contributed by atoms with van der Waals surface area (Å²) in [5, 5.41) is 3.29. The lowest BCUT2D eigenvalue weighted by Crippen LogP contribution is -2.31. The second kappa shape index (κ2) is 9.37. The van der Waals surface area contributed by atoms with Gasteiger partial charge in [0, 0.05) is 29.9 Å². The number of halogens is 1. The molecule has 0 saturated carbocycles. The van der Waals surface area contributed by atoms with Crippen LogP contribution in [0.15, 0.2) is 59.5 Å². The minimum absolute atomic E-state index is 0.249. The lowest BCUT2D eigenvalue weighted by molar-refractivity contribution is -0.111. The first-order valence-electron chi connectivity index (χ1n) is 9.30. The fraction of sp³-hybridized carbons (Fsp3) is 0.286. The van der Waals surface area contributed by atoms with E-state index in [0.29, 0.717) is 23.8 Å². The second-order valence-electron chi connectivity index (χ2n) is 6.69. The third kappa shape index (κ3) is 5.22. The molecule has 1 aliphatic rings. The number of sulfonamides is 1. The van der Waals surface area contributed by atoms with Crippen LogP contribution in [0.2, 0.25) is 5.02 Å². The molecule has 5 nitrogen and oxygen atoms in total. The van der Waals surface area contributed by atoms with Crippen LogP contribution in [0, 0.1) is 0 Å². The van der Waals surface area contributed by atoms with Gasteiger partial charge in [-0.3, -0.25) is 4.79 Å². The van der Waals surface area contributed by atoms with Gasteiger partial charge in [-0.1, -0.05) is 42.6 Å². The molecule has 1 N–H and O–H groups in total. The zero-order chi connectivity index (χ0) is 20.0. The van der Waals surface area contributed by atoms with Gasteiger partial charge in [0.15, 0.2) is 0 Å². The lowest BCUT2D eigenvalue weighted by Gasteiger charge is -2.20. The third-order valence-corrected chi connectivity index (χ3v) is 6.90. The molecule has 7 heteroatoms. The highest BCUT2D eigenvalue weighted by atomic mass is 35.5. The van der Waals surface area contributed by atoms with Crippen molar-refractivity contribution in [3.05, 3.63) is 65.2 Å². The van der Waals surface area contributed by atoms with Crippen molar-refractivity contribution in [1.82, 2.24) is 4.31 Å². The summed E-state index contributed by atoms with van der Waals surface area (Å²) in [6, 6.07) is 13.5. The number of amides is 1. The molecule has 0 aliphatic carbocycles. The monoisotopic (exact) mass is 418 g/mol. The number of carbonyl (C=O) groups excluding carboxylic acids is 1. The number of nitrogens with zero attached hydrogens (tertiary/aromatic N) is 1. The molecule has 1 saturated heterocycles. The molecule has 2 aromatic carbocycles. The van der Waals surface area contributed by atoms with Crippen molar-refractivity contribution in [3.8, 4) is 0 Å². The van der Waals surface area contributed by atoms with E-state index in [4.69, 9.17) is 11.6 Å². The molecule has 2 aromatic rings. The summed E-state index contributed by atoms with van der Waals surface area (Å²) < 4.78 is 27.1. The Morgan fingerprint density at radius 2 is 1.61 bits per heavy atom. The van der Waals surface area contributed by atoms with Gasteiger partial charge < -0.3 is 5.32 Å². The zero-order valence-corrected chi connectivity index (χ0v) is 17.0. The molecular formula is C21H23ClN2O3S. The Morgan fingerprint density at radius 1 is 0.964 bits per heavy atom. The Morgan fingerprint density at radius 3 is 2.25 bits per heavy atom. The lowest BCUT2D eigenvalue weighted by atomic mass is 10.2. The molecule has 1 amide bonds. The van der Waals surface area contributed by atoms with Gasteiger partial charge in [-0.25, -0.2) is 8.42 Å². The summed E-state index contributed by atoms with van der Waals surface area (Å²) in [7, 11) is -3.49. The minimum atomic E-state index is -3.49. The summed E-state index contributed by atoms with van der Waals surface area (Å²) in [5.41, 5.74) is 1.28. The molecular weight excluding hydrogens is 396 g/mol. The van der Waals surface area contributed by atoms with Gasteiger partial charge in [-0.05, 0) is 54.8 Å². The fourth-order valence-electron chi connectivity index (χ4n) is 3.10. The van der Waals surface area contributed by atoms with E-state index < -0.39 is 10.0 Å². The predicted octanol–water partition coefficient (Wildman–Crippen LogP) is 4.56. The van der Waals surface area contributed by atoms with E-state index in [1.165, 1.54) is 18.2 Å². The van der Waals surface area contributed by atoms with Gasteiger partial charge in [0.2, 0.25) is 15.9 Å². The van der Waals surface area contributed by atoms with E-state index in [2.05, 4.69) is 5.32 Å². The van der Waals surface area contributed by atoms with Crippen molar-refractivity contribution in [2.24, 2.45) is 0 Å². The highest BCUT2D eigenvalue weighted by molar-refractivity contribution is 7.89. The Bertz CT molecular complexity index is 948. The first-order chi connectivity index (χ1) is 13.5. The topological polar surface area (TPSA) is 66.5 Å². The molecule has 0 aromatic heterocycles. The average molecular weight is 419 g/mol. The van der Waals surface area contributed by atoms with Crippen LogP contribution in [0.3, 0.4) is 0 Å². The van der Waals surface area contributed by atoms with Crippen LogP contribution >= 0.6 is 11.6 Å². The molecule has 0 atom stereocenters. The van der Waals surface area contributed by atoms with Gasteiger partial charge in [-0.2, -0.15) is 4.31 Å². The van der Waals surface area contributed by atoms with E-state index in [9.17, 15) is 13.2 Å². The SMILES string of the molecule is O=C(/C=C/c1ccccc1Cl)Nc1ccc(S(=O)(=O)N2CCCCCC2)cc1. The number of rotatable bonds is 5. The maximum absolute atomic E-state index is 12.8. The summed E-state index contributed by atoms with van der Waals surface area (Å²) in [6.45, 7) is 1.13. The van der Waals surface area contributed by atoms with Crippen LogP contribution in [0.25, 0.3) is 6.08 Å². The molecule has 0 radical (unpaired) electrons. The Kier molecular flexibility index (Phi) is 6.88. The van der Waals surface area contributed by atoms with Crippen LogP contribution in [0.4, 0.5) is 5.69 Å². The van der Waals surface area contributed by atoms with E-state index >= 15 is 0 Å². The van der Waals surface area contributed by atoms with Gasteiger partial charge >= 0.3 is 0 Å². The highest BCUT2D eigenvalue weighted by Gasteiger charge is 2.24. The predicted molar refractivity (Wildman–Crippen MR) is 113 cm³/mol. The number of carbonyl (C=O) groups is 1. The van der Waals surface area contributed by atoms with Crippen LogP contribution < -0.4 is 5.32 Å². The standard InChI is InChI=1S/C21H23ClN2O3S/c22-20-8-4-3-7-17(20)9-14-21(25)23-18-10-12-19(13-11-18)28(26,27)24-15-5-1-2-6-16-24/h3-4,7-14H,1-2,5-6,15-16H2,(H,23,25)/b14-9+. The summed E-state index contributed by atoms with van der Waals surface area (Å²) >= 11 is 6.06. The number of nitrogens with one attached hydrogen (secondary N) is 1. The van der Waals surface area contributed by atoms with Crippen LogP contribution in [-0.2, 0) is 14.8 Å². The summed E-state index contributed by atoms with van der Waals surface area (Å²) in [6.07, 6.45) is 6.95. The number of hydrogen-bond acceptors (Lipinski definition) is 3. The number of hydrogen-bond donors (Lipinski definition) is 1. The maximum atomic E-state index is 12.8. The smallest absolute Gasteiger partial charge is 0.248 e. The van der Waals surface area contributed by atoms with Crippen molar-refractivity contribution >= 4 is 39.3 Å². The van der Waals surface area contributed by atoms with Crippen molar-refractivity contribution in [2.45, 2.75) is 30.6 Å². The van der Waals surface area contributed by atoms with E-state index in [1.807, 2.05) is 18.2 Å². The quantitative estimate of drug-likeness (QED) is 0.724. The molecule has 148 valence electrons. The Labute approximate surface area is 171 Å². The van der Waals surface area contributed by atoms with E-state index in [0.717, 1.165) is 31.2 Å². The van der Waals surface area contributed by atoms with Crippen LogP contribution in [0.1, 0.15) is 31.2 Å². The van der Waals surface area contributed by atoms with E-state index in [1.54, 1.807) is 28.6 Å². The third-order valence-electron chi connectivity index (χ3n) is 4.64. The molecule has 1 fully saturated rings. The van der Waals surface area contributed by atoms with Crippen molar-refractivity contribution < 1.29 is 13.2 Å². The normalized spacial score (nSPS) is 16.0. The molecule has 0 unspecified atom stereocenters. The highest BCUT2D eigenvalue weighted by Crippen LogP contribution is 2.22. The zero-order valence-electron chi connectivity index (χ0n) is 15.5. The van der Waals surface area contributed by atoms with Gasteiger partial charge in [0.1, 0.15) is 0 Å². The molecule has 28 heavy (non-hydrogen) atoms. The minimum Gasteiger partial charge on any atom is -0.323 e. The summed E-state index contributed by atoms with van der Waals surface area (Å²) in [4.78, 5) is 12.3. The second-order valence-corrected chi connectivity index (χ2v) is 9.03. The molecule has 1 aliphatic heterocycles. The van der Waals surface area contributed by atoms with Crippen molar-refractivity contribution in [3.63, 3.8) is 0 Å². The van der Waals surface area contributed by atoms with Crippen molar-refractivity contribution in [2.75, 3.05) is 18.4 Å². The number of anilines is 1. The van der Waals surface area contributed by atoms with Crippen LogP contribution in [0.5, 0.6) is 0 Å². The Hall–Kier alpha value is -2.15. The fourth-order valence-corrected chi connectivity index (χ4v) is 4.82. The first-order valence-corrected chi connectivity index (χ1v) is 11.1. The van der Waals surface area contributed by atoms with Gasteiger partial charge in [0.05, 0.1) is 4.90 Å². The van der Waals surface area contributed by atoms with Gasteiger partial charge in [-0.15, -0.1) is 0 Å². The largest absolute Gasteiger partial charge is 0.323 e. The maximum Gasteiger partial charge on any atom is 0.248 e. The van der Waals surface area contributed by atoms with Crippen molar-refractivity contribution in [1.29, 1.82) is 0 Å². The summed E-state index contributed by atoms with van der Waals surface area (Å²) in [5.74, 6) is -0.317. The Balaban J connectivity index is 1.65. The van der Waals surface area contributed by atoms with Crippen LogP contribution in [-0.4, -0.2) is 31.7 Å². The number of benzene rings is 2. The van der Waals surface area contributed by atoms with Gasteiger partial charge in [0.25, 0.3) is 0 Å². The molecule has 1 heterocycles. The molecule has 0 spiro atoms. The first kappa shape index (κ1) is 20.6. The molecule has 3 rings (SSSR count). The molecule has 0 bridgehead atoms. The van der Waals surface area contributed by atoms with E-state index in [-0.39, 0.29) is 10.8 Å². The average Bonchev–Trinajstić information content (AvgIpc) is 2.98.